The molecule has 0 aliphatic rings. The summed E-state index contributed by atoms with van der Waals surface area (Å²) in [6.45, 7) is 6.88. The van der Waals surface area contributed by atoms with Crippen molar-refractivity contribution < 1.29 is 37.3 Å². The second kappa shape index (κ2) is 54.5. The van der Waals surface area contributed by atoms with Gasteiger partial charge in [0, 0.05) is 12.8 Å². The first-order valence-corrected chi connectivity index (χ1v) is 32.4. The lowest BCUT2D eigenvalue weighted by molar-refractivity contribution is -0.870. The Morgan fingerprint density at radius 1 is 0.480 bits per heavy atom. The zero-order chi connectivity index (χ0) is 55.0. The first kappa shape index (κ1) is 72.2. The molecule has 0 fully saturated rings. The van der Waals surface area contributed by atoms with Crippen molar-refractivity contribution in [1.29, 1.82) is 0 Å². The molecule has 0 aromatic heterocycles. The van der Waals surface area contributed by atoms with E-state index in [2.05, 4.69) is 99.0 Å². The normalized spacial score (nSPS) is 14.3. The third-order valence-corrected chi connectivity index (χ3v) is 14.3. The van der Waals surface area contributed by atoms with Crippen molar-refractivity contribution in [3.05, 3.63) is 85.1 Å². The van der Waals surface area contributed by atoms with Crippen LogP contribution in [0.4, 0.5) is 0 Å². The molecule has 10 heteroatoms. The molecule has 9 nitrogen and oxygen atoms in total. The van der Waals surface area contributed by atoms with Crippen molar-refractivity contribution in [1.82, 2.24) is 5.32 Å². The predicted octanol–water partition coefficient (Wildman–Crippen LogP) is 19.0. The molecule has 0 spiro atoms. The van der Waals surface area contributed by atoms with E-state index in [1.54, 1.807) is 0 Å². The molecule has 75 heavy (non-hydrogen) atoms. The van der Waals surface area contributed by atoms with Crippen LogP contribution in [-0.4, -0.2) is 74.3 Å². The van der Waals surface area contributed by atoms with E-state index in [1.165, 1.54) is 122 Å². The highest BCUT2D eigenvalue weighted by Gasteiger charge is 2.30. The third kappa shape index (κ3) is 55.7. The summed E-state index contributed by atoms with van der Waals surface area (Å²) in [6, 6.07) is -0.853. The van der Waals surface area contributed by atoms with Gasteiger partial charge in [0.2, 0.25) is 5.91 Å². The number of esters is 1. The van der Waals surface area contributed by atoms with Crippen molar-refractivity contribution in [2.24, 2.45) is 0 Å². The number of rotatable bonds is 55. The lowest BCUT2D eigenvalue weighted by atomic mass is 10.0. The topological polar surface area (TPSA) is 111 Å². The summed E-state index contributed by atoms with van der Waals surface area (Å²) >= 11 is 0. The number of phosphoric ester groups is 1. The summed E-state index contributed by atoms with van der Waals surface area (Å²) in [5.41, 5.74) is 0. The second-order valence-electron chi connectivity index (χ2n) is 21.9. The van der Waals surface area contributed by atoms with E-state index in [-0.39, 0.29) is 31.5 Å². The molecular weight excluding hydrogens is 952 g/mol. The number of hydrogen-bond acceptors (Lipinski definition) is 6. The predicted molar refractivity (Wildman–Crippen MR) is 323 cm³/mol. The molecule has 0 rings (SSSR count). The maximum atomic E-state index is 13.5. The second-order valence-corrected chi connectivity index (χ2v) is 23.3. The van der Waals surface area contributed by atoms with Crippen molar-refractivity contribution >= 4 is 19.7 Å². The number of hydrogen-bond donors (Lipinski definition) is 2. The summed E-state index contributed by atoms with van der Waals surface area (Å²) in [4.78, 5) is 37.6. The number of quaternary nitrogens is 1. The van der Waals surface area contributed by atoms with Gasteiger partial charge >= 0.3 is 13.8 Å². The van der Waals surface area contributed by atoms with Crippen molar-refractivity contribution in [2.75, 3.05) is 40.9 Å². The largest absolute Gasteiger partial charge is 0.472 e. The molecule has 0 saturated carbocycles. The van der Waals surface area contributed by atoms with Gasteiger partial charge in [0.15, 0.2) is 0 Å². The molecule has 0 aromatic carbocycles. The van der Waals surface area contributed by atoms with Gasteiger partial charge in [-0.05, 0) is 83.1 Å². The molecule has 0 aliphatic carbocycles. The van der Waals surface area contributed by atoms with Crippen LogP contribution >= 0.6 is 7.82 Å². The van der Waals surface area contributed by atoms with E-state index in [9.17, 15) is 19.0 Å². The van der Waals surface area contributed by atoms with Gasteiger partial charge in [-0.15, -0.1) is 0 Å². The zero-order valence-electron chi connectivity index (χ0n) is 49.5. The van der Waals surface area contributed by atoms with Crippen LogP contribution < -0.4 is 5.32 Å². The Morgan fingerprint density at radius 3 is 1.28 bits per heavy atom. The van der Waals surface area contributed by atoms with Gasteiger partial charge < -0.3 is 19.4 Å². The van der Waals surface area contributed by atoms with Crippen LogP contribution in [0.5, 0.6) is 0 Å². The molecule has 0 heterocycles. The first-order chi connectivity index (χ1) is 36.4. The van der Waals surface area contributed by atoms with Crippen LogP contribution in [0.2, 0.25) is 0 Å². The number of nitrogens with one attached hydrogen (secondary N) is 1. The third-order valence-electron chi connectivity index (χ3n) is 13.3. The molecule has 434 valence electrons. The van der Waals surface area contributed by atoms with Gasteiger partial charge in [-0.25, -0.2) is 4.57 Å². The SMILES string of the molecule is CC/C=C\C/C=C\C/C=C\C/C=C\C/C=C\C/C=C\CCCCCCCCCCC(=O)NC(COP(=O)(O)OCC[N+](C)(C)C)C(/C=C\CCCCCCCCCCC)OC(=O)CCCCCCCCCCCCC. The Morgan fingerprint density at radius 2 is 0.853 bits per heavy atom. The number of ether oxygens (including phenoxy) is 1. The molecule has 2 N–H and O–H groups in total. The Hall–Kier alpha value is -2.81. The van der Waals surface area contributed by atoms with Crippen LogP contribution in [0, 0.1) is 0 Å². The Bertz CT molecular complexity index is 1560. The molecule has 0 bridgehead atoms. The highest BCUT2D eigenvalue weighted by atomic mass is 31.2. The van der Waals surface area contributed by atoms with Crippen molar-refractivity contribution in [3.8, 4) is 0 Å². The maximum Gasteiger partial charge on any atom is 0.472 e. The Balaban J connectivity index is 5.06. The molecule has 0 aromatic rings. The Labute approximate surface area is 463 Å². The Kier molecular flexibility index (Phi) is 52.5. The number of phosphoric acid groups is 1. The van der Waals surface area contributed by atoms with Crippen LogP contribution in [0.3, 0.4) is 0 Å². The number of amides is 1. The smallest absolute Gasteiger partial charge is 0.456 e. The minimum atomic E-state index is -4.45. The van der Waals surface area contributed by atoms with E-state index >= 15 is 0 Å². The summed E-state index contributed by atoms with van der Waals surface area (Å²) in [7, 11) is 1.49. The van der Waals surface area contributed by atoms with Crippen molar-refractivity contribution in [3.63, 3.8) is 0 Å². The number of likely N-dealkylation sites (N-methyl/N-ethyl adjacent to an activating group) is 1. The summed E-state index contributed by atoms with van der Waals surface area (Å²) in [5, 5.41) is 3.05. The molecule has 0 aliphatic heterocycles. The average molecular weight is 1070 g/mol. The summed E-state index contributed by atoms with van der Waals surface area (Å²) < 4.78 is 30.6. The molecule has 0 radical (unpaired) electrons. The molecule has 3 unspecified atom stereocenters. The van der Waals surface area contributed by atoms with Crippen molar-refractivity contribution in [2.45, 2.75) is 277 Å². The first-order valence-electron chi connectivity index (χ1n) is 30.9. The fourth-order valence-corrected chi connectivity index (χ4v) is 9.33. The molecule has 3 atom stereocenters. The molecular formula is C65H118N2O7P+. The number of carbonyl (C=O) groups excluding carboxylic acids is 2. The van der Waals surface area contributed by atoms with Crippen LogP contribution in [0.25, 0.3) is 0 Å². The maximum absolute atomic E-state index is 13.5. The minimum Gasteiger partial charge on any atom is -0.456 e. The van der Waals surface area contributed by atoms with Gasteiger partial charge in [-0.1, -0.05) is 254 Å². The molecule has 0 saturated heterocycles. The fourth-order valence-electron chi connectivity index (χ4n) is 8.59. The van der Waals surface area contributed by atoms with Gasteiger partial charge in [-0.3, -0.25) is 18.6 Å². The van der Waals surface area contributed by atoms with Crippen LogP contribution in [0.1, 0.15) is 265 Å². The average Bonchev–Trinajstić information content (AvgIpc) is 3.37. The lowest BCUT2D eigenvalue weighted by Gasteiger charge is -2.27. The van der Waals surface area contributed by atoms with Crippen LogP contribution in [-0.2, 0) is 27.9 Å². The highest BCUT2D eigenvalue weighted by molar-refractivity contribution is 7.47. The number of allylic oxidation sites excluding steroid dienone is 13. The van der Waals surface area contributed by atoms with Gasteiger partial charge in [0.1, 0.15) is 19.3 Å². The van der Waals surface area contributed by atoms with E-state index in [4.69, 9.17) is 13.8 Å². The standard InChI is InChI=1S/C65H117N2O7P/c1-7-10-13-16-19-22-25-26-27-28-29-30-31-32-33-34-35-36-37-38-39-40-43-45-48-51-54-57-64(68)66-62(61-73-75(70,71)72-60-59-67(4,5)6)63(56-53-50-47-44-41-23-20-17-14-11-8-2)74-65(69)58-55-52-49-46-42-24-21-18-15-12-9-3/h10,13,19,22,26-27,29-30,32-33,35-36,53,56,62-63H,7-9,11-12,14-18,20-21,23-25,28,31,34,37-52,54-55,57-61H2,1-6H3,(H-,66,68,70,71)/p+1/b13-10-,22-19-,27-26-,30-29-,33-32-,36-35-,56-53-. The van der Waals surface area contributed by atoms with Gasteiger partial charge in [0.05, 0.1) is 33.8 Å². The zero-order valence-corrected chi connectivity index (χ0v) is 50.4. The van der Waals surface area contributed by atoms with E-state index in [1.807, 2.05) is 33.3 Å². The lowest BCUT2D eigenvalue weighted by Crippen LogP contribution is -2.47. The summed E-state index contributed by atoms with van der Waals surface area (Å²) in [5.74, 6) is -0.515. The summed E-state index contributed by atoms with van der Waals surface area (Å²) in [6.07, 6.45) is 71.6. The quantitative estimate of drug-likeness (QED) is 0.0205. The monoisotopic (exact) mass is 1070 g/mol. The minimum absolute atomic E-state index is 0.0364. The van der Waals surface area contributed by atoms with E-state index < -0.39 is 20.0 Å². The number of carbonyl (C=O) groups is 2. The van der Waals surface area contributed by atoms with Gasteiger partial charge in [0.25, 0.3) is 0 Å². The van der Waals surface area contributed by atoms with Gasteiger partial charge in [-0.2, -0.15) is 0 Å². The molecule has 1 amide bonds. The van der Waals surface area contributed by atoms with E-state index in [0.717, 1.165) is 109 Å². The highest BCUT2D eigenvalue weighted by Crippen LogP contribution is 2.43. The fraction of sp³-hybridized carbons (Fsp3) is 0.754. The van der Waals surface area contributed by atoms with Crippen LogP contribution in [0.15, 0.2) is 85.1 Å². The van der Waals surface area contributed by atoms with E-state index in [0.29, 0.717) is 17.4 Å². The number of unbranched alkanes of at least 4 members (excludes halogenated alkanes) is 27. The number of nitrogens with zero attached hydrogens (tertiary/aromatic N) is 1.